The number of carbonyl (C=O) groups is 1. The van der Waals surface area contributed by atoms with Crippen LogP contribution in [0.25, 0.3) is 0 Å². The van der Waals surface area contributed by atoms with Gasteiger partial charge in [-0.1, -0.05) is 11.8 Å². The second-order valence-electron chi connectivity index (χ2n) is 3.80. The summed E-state index contributed by atoms with van der Waals surface area (Å²) in [7, 11) is 0. The Labute approximate surface area is 92.2 Å². The van der Waals surface area contributed by atoms with E-state index in [0.717, 1.165) is 0 Å². The van der Waals surface area contributed by atoms with Crippen molar-refractivity contribution in [3.8, 4) is 0 Å². The average molecular weight is 230 g/mol. The molecule has 1 rings (SSSR count). The summed E-state index contributed by atoms with van der Waals surface area (Å²) in [4.78, 5) is 15.3. The van der Waals surface area contributed by atoms with E-state index < -0.39 is 11.7 Å². The number of anilines is 1. The second kappa shape index (κ2) is 4.52. The summed E-state index contributed by atoms with van der Waals surface area (Å²) in [6, 6.07) is 0. The Balaban J connectivity index is 2.51. The highest BCUT2D eigenvalue weighted by Gasteiger charge is 2.17. The van der Waals surface area contributed by atoms with Crippen LogP contribution in [0.15, 0.2) is 5.16 Å². The standard InChI is InChI=1S/C8H14N4O2S/c1-8(2,3)14-7(13)10-5-9-6(15-4)12-11-5/h1-4H3,(H2,9,10,11,12,13). The average Bonchev–Trinajstić information content (AvgIpc) is 2.48. The summed E-state index contributed by atoms with van der Waals surface area (Å²) in [5, 5.41) is 9.44. The van der Waals surface area contributed by atoms with E-state index in [1.165, 1.54) is 11.8 Å². The van der Waals surface area contributed by atoms with E-state index in [9.17, 15) is 4.79 Å². The van der Waals surface area contributed by atoms with Crippen LogP contribution in [0.1, 0.15) is 20.8 Å². The molecule has 84 valence electrons. The van der Waals surface area contributed by atoms with E-state index in [2.05, 4.69) is 20.5 Å². The molecule has 15 heavy (non-hydrogen) atoms. The first-order chi connectivity index (χ1) is 6.90. The fraction of sp³-hybridized carbons (Fsp3) is 0.625. The Hall–Kier alpha value is -1.24. The van der Waals surface area contributed by atoms with E-state index in [-0.39, 0.29) is 5.95 Å². The number of hydrogen-bond acceptors (Lipinski definition) is 5. The normalized spacial score (nSPS) is 11.2. The molecule has 1 amide bonds. The van der Waals surface area contributed by atoms with E-state index >= 15 is 0 Å². The molecule has 1 aromatic heterocycles. The molecule has 0 fully saturated rings. The van der Waals surface area contributed by atoms with Gasteiger partial charge in [-0.05, 0) is 27.0 Å². The van der Waals surface area contributed by atoms with Crippen molar-refractivity contribution in [1.29, 1.82) is 0 Å². The van der Waals surface area contributed by atoms with Crippen LogP contribution >= 0.6 is 11.8 Å². The van der Waals surface area contributed by atoms with Gasteiger partial charge in [0, 0.05) is 0 Å². The Morgan fingerprint density at radius 3 is 2.67 bits per heavy atom. The maximum Gasteiger partial charge on any atom is 0.414 e. The lowest BCUT2D eigenvalue weighted by Crippen LogP contribution is -2.27. The fourth-order valence-corrected chi connectivity index (χ4v) is 1.11. The number of amides is 1. The predicted octanol–water partition coefficient (Wildman–Crippen LogP) is 1.87. The molecule has 0 bridgehead atoms. The van der Waals surface area contributed by atoms with Crippen LogP contribution in [0.2, 0.25) is 0 Å². The molecular weight excluding hydrogens is 216 g/mol. The maximum absolute atomic E-state index is 11.3. The smallest absolute Gasteiger partial charge is 0.414 e. The van der Waals surface area contributed by atoms with Gasteiger partial charge in [-0.2, -0.15) is 4.98 Å². The lowest BCUT2D eigenvalue weighted by atomic mass is 10.2. The van der Waals surface area contributed by atoms with Crippen LogP contribution in [-0.2, 0) is 4.74 Å². The van der Waals surface area contributed by atoms with E-state index in [0.29, 0.717) is 5.16 Å². The SMILES string of the molecule is CSc1n[nH]c(NC(=O)OC(C)(C)C)n1. The number of thioether (sulfide) groups is 1. The maximum atomic E-state index is 11.3. The summed E-state index contributed by atoms with van der Waals surface area (Å²) in [5.74, 6) is 0.286. The number of aromatic nitrogens is 3. The monoisotopic (exact) mass is 230 g/mol. The van der Waals surface area contributed by atoms with Crippen molar-refractivity contribution in [3.05, 3.63) is 0 Å². The molecule has 6 nitrogen and oxygen atoms in total. The first-order valence-corrected chi connectivity index (χ1v) is 5.59. The number of nitrogens with one attached hydrogen (secondary N) is 2. The van der Waals surface area contributed by atoms with Gasteiger partial charge < -0.3 is 4.74 Å². The number of carbonyl (C=O) groups excluding carboxylic acids is 1. The third-order valence-corrected chi connectivity index (χ3v) is 1.81. The molecule has 1 heterocycles. The second-order valence-corrected chi connectivity index (χ2v) is 4.57. The Morgan fingerprint density at radius 2 is 2.20 bits per heavy atom. The molecule has 0 aliphatic carbocycles. The van der Waals surface area contributed by atoms with Gasteiger partial charge in [0.05, 0.1) is 0 Å². The Bertz CT molecular complexity index is 345. The highest BCUT2D eigenvalue weighted by molar-refractivity contribution is 7.98. The zero-order valence-corrected chi connectivity index (χ0v) is 9.94. The molecule has 0 radical (unpaired) electrons. The fourth-order valence-electron chi connectivity index (χ4n) is 0.794. The summed E-state index contributed by atoms with van der Waals surface area (Å²) < 4.78 is 5.04. The first kappa shape index (κ1) is 11.8. The molecule has 7 heteroatoms. The number of rotatable bonds is 2. The summed E-state index contributed by atoms with van der Waals surface area (Å²) in [5.41, 5.74) is -0.521. The van der Waals surface area contributed by atoms with Crippen molar-refractivity contribution in [2.75, 3.05) is 11.6 Å². The van der Waals surface area contributed by atoms with Gasteiger partial charge in [0.2, 0.25) is 11.1 Å². The minimum Gasteiger partial charge on any atom is -0.444 e. The van der Waals surface area contributed by atoms with E-state index in [4.69, 9.17) is 4.74 Å². The molecule has 0 saturated carbocycles. The first-order valence-electron chi connectivity index (χ1n) is 4.37. The molecule has 2 N–H and O–H groups in total. The van der Waals surface area contributed by atoms with Crippen LogP contribution in [-0.4, -0.2) is 33.1 Å². The van der Waals surface area contributed by atoms with Gasteiger partial charge in [0.1, 0.15) is 5.60 Å². The van der Waals surface area contributed by atoms with Crippen LogP contribution < -0.4 is 5.32 Å². The van der Waals surface area contributed by atoms with E-state index in [1.807, 2.05) is 6.26 Å². The van der Waals surface area contributed by atoms with Crippen molar-refractivity contribution < 1.29 is 9.53 Å². The van der Waals surface area contributed by atoms with Crippen LogP contribution in [0, 0.1) is 0 Å². The van der Waals surface area contributed by atoms with Gasteiger partial charge in [0.25, 0.3) is 0 Å². The topological polar surface area (TPSA) is 79.9 Å². The molecule has 0 aliphatic rings. The highest BCUT2D eigenvalue weighted by Crippen LogP contribution is 2.11. The van der Waals surface area contributed by atoms with Gasteiger partial charge in [-0.3, -0.25) is 5.32 Å². The number of nitrogens with zero attached hydrogens (tertiary/aromatic N) is 2. The third-order valence-electron chi connectivity index (χ3n) is 1.27. The van der Waals surface area contributed by atoms with Crippen molar-refractivity contribution >= 4 is 23.8 Å². The molecule has 0 aliphatic heterocycles. The zero-order valence-electron chi connectivity index (χ0n) is 9.12. The van der Waals surface area contributed by atoms with Crippen LogP contribution in [0.3, 0.4) is 0 Å². The zero-order chi connectivity index (χ0) is 11.5. The lowest BCUT2D eigenvalue weighted by molar-refractivity contribution is 0.0634. The summed E-state index contributed by atoms with van der Waals surface area (Å²) in [6.45, 7) is 5.38. The molecular formula is C8H14N4O2S. The van der Waals surface area contributed by atoms with Crippen molar-refractivity contribution in [2.45, 2.75) is 31.5 Å². The van der Waals surface area contributed by atoms with Gasteiger partial charge >= 0.3 is 6.09 Å². The van der Waals surface area contributed by atoms with Gasteiger partial charge in [0.15, 0.2) is 0 Å². The van der Waals surface area contributed by atoms with Crippen LogP contribution in [0.5, 0.6) is 0 Å². The largest absolute Gasteiger partial charge is 0.444 e. The molecule has 0 aromatic carbocycles. The van der Waals surface area contributed by atoms with Gasteiger partial charge in [-0.15, -0.1) is 5.10 Å². The van der Waals surface area contributed by atoms with E-state index in [1.54, 1.807) is 20.8 Å². The quantitative estimate of drug-likeness (QED) is 0.758. The number of H-pyrrole nitrogens is 1. The summed E-state index contributed by atoms with van der Waals surface area (Å²) in [6.07, 6.45) is 1.30. The lowest BCUT2D eigenvalue weighted by Gasteiger charge is -2.18. The summed E-state index contributed by atoms with van der Waals surface area (Å²) >= 11 is 1.38. The molecule has 0 unspecified atom stereocenters. The Kier molecular flexibility index (Phi) is 3.57. The minimum atomic E-state index is -0.550. The number of aromatic amines is 1. The molecule has 0 spiro atoms. The van der Waals surface area contributed by atoms with Crippen molar-refractivity contribution in [1.82, 2.24) is 15.2 Å². The number of hydrogen-bond donors (Lipinski definition) is 2. The third kappa shape index (κ3) is 4.20. The highest BCUT2D eigenvalue weighted by atomic mass is 32.2. The number of ether oxygens (including phenoxy) is 1. The van der Waals surface area contributed by atoms with Crippen molar-refractivity contribution in [2.24, 2.45) is 0 Å². The Morgan fingerprint density at radius 1 is 1.53 bits per heavy atom. The van der Waals surface area contributed by atoms with Crippen molar-refractivity contribution in [3.63, 3.8) is 0 Å². The van der Waals surface area contributed by atoms with Crippen LogP contribution in [0.4, 0.5) is 10.7 Å². The molecule has 1 aromatic rings. The molecule has 0 atom stereocenters. The minimum absolute atomic E-state index is 0.286. The molecule has 0 saturated heterocycles. The van der Waals surface area contributed by atoms with Gasteiger partial charge in [-0.25, -0.2) is 9.89 Å². The predicted molar refractivity (Wildman–Crippen MR) is 58.0 cm³/mol.